The molecule has 0 saturated heterocycles. The lowest BCUT2D eigenvalue weighted by Crippen LogP contribution is -2.12. The first-order valence-corrected chi connectivity index (χ1v) is 11.7. The minimum Gasteiger partial charge on any atom is -0.506 e. The number of furan rings is 1. The molecule has 1 amide bonds. The molecule has 162 valence electrons. The monoisotopic (exact) mass is 441 g/mol. The van der Waals surface area contributed by atoms with Crippen LogP contribution in [0.15, 0.2) is 57.8 Å². The zero-order chi connectivity index (χ0) is 22.0. The van der Waals surface area contributed by atoms with Crippen molar-refractivity contribution in [2.75, 3.05) is 11.1 Å². The molecule has 1 aliphatic carbocycles. The fourth-order valence-electron chi connectivity index (χ4n) is 3.53. The smallest absolute Gasteiger partial charge is 0.291 e. The largest absolute Gasteiger partial charge is 0.506 e. The van der Waals surface area contributed by atoms with Gasteiger partial charge in [0.2, 0.25) is 0 Å². The molecule has 1 aliphatic rings. The molecule has 2 aromatic carbocycles. The average molecular weight is 442 g/mol. The number of phenolic OH excluding ortho intramolecular Hbond substituents is 1. The van der Waals surface area contributed by atoms with Crippen molar-refractivity contribution in [3.63, 3.8) is 0 Å². The summed E-state index contributed by atoms with van der Waals surface area (Å²) in [5.41, 5.74) is 2.67. The topological polar surface area (TPSA) is 106 Å². The molecule has 0 atom stereocenters. The van der Waals surface area contributed by atoms with Gasteiger partial charge in [-0.1, -0.05) is 13.0 Å². The summed E-state index contributed by atoms with van der Waals surface area (Å²) < 4.78 is 35.4. The van der Waals surface area contributed by atoms with Crippen LogP contribution in [0.2, 0.25) is 0 Å². The Kier molecular flexibility index (Phi) is 5.73. The number of fused-ring (bicyclic) bond motifs is 1. The summed E-state index contributed by atoms with van der Waals surface area (Å²) in [7, 11) is -3.47. The second kappa shape index (κ2) is 8.47. The lowest BCUT2D eigenvalue weighted by Gasteiger charge is -2.09. The molecule has 1 aromatic heterocycles. The van der Waals surface area contributed by atoms with Crippen LogP contribution in [0, 0.1) is 0 Å². The minimum absolute atomic E-state index is 0.00753. The van der Waals surface area contributed by atoms with Crippen LogP contribution in [0.25, 0.3) is 0 Å². The van der Waals surface area contributed by atoms with Crippen LogP contribution in [-0.2, 0) is 29.3 Å². The van der Waals surface area contributed by atoms with Gasteiger partial charge in [0.25, 0.3) is 5.91 Å². The quantitative estimate of drug-likeness (QED) is 0.535. The third-order valence-corrected chi connectivity index (χ3v) is 7.02. The maximum absolute atomic E-state index is 12.5. The summed E-state index contributed by atoms with van der Waals surface area (Å²) in [6.07, 6.45) is 3.33. The summed E-state index contributed by atoms with van der Waals surface area (Å²) in [6.45, 7) is 1.69. The highest BCUT2D eigenvalue weighted by Gasteiger charge is 2.18. The average Bonchev–Trinajstić information content (AvgIpc) is 3.42. The van der Waals surface area contributed by atoms with Crippen molar-refractivity contribution in [2.45, 2.75) is 37.7 Å². The van der Waals surface area contributed by atoms with E-state index in [0.29, 0.717) is 5.76 Å². The number of benzene rings is 2. The van der Waals surface area contributed by atoms with Crippen molar-refractivity contribution in [2.24, 2.45) is 0 Å². The van der Waals surface area contributed by atoms with E-state index in [9.17, 15) is 18.3 Å². The molecule has 0 aliphatic heterocycles. The van der Waals surface area contributed by atoms with Crippen LogP contribution >= 0.6 is 0 Å². The van der Waals surface area contributed by atoms with Gasteiger partial charge in [-0.25, -0.2) is 8.42 Å². The lowest BCUT2D eigenvalue weighted by molar-refractivity contribution is 0.0992. The molecule has 2 N–H and O–H groups in total. The van der Waals surface area contributed by atoms with E-state index in [1.54, 1.807) is 6.07 Å². The van der Waals surface area contributed by atoms with Crippen LogP contribution in [0.4, 0.5) is 5.69 Å². The standard InChI is InChI=1S/C23H23NO6S/c1-2-31(27,28)19-9-10-21(25)20(13-19)24-23(26)22-11-8-18(30-22)14-29-17-7-6-15-4-3-5-16(15)12-17/h6-13,25H,2-5,14H2,1H3,(H,24,26). The number of aryl methyl sites for hydroxylation is 2. The second-order valence-corrected chi connectivity index (χ2v) is 9.65. The highest BCUT2D eigenvalue weighted by molar-refractivity contribution is 7.91. The fraction of sp³-hybridized carbons (Fsp3) is 0.261. The van der Waals surface area contributed by atoms with Crippen molar-refractivity contribution in [3.05, 3.63) is 71.2 Å². The Morgan fingerprint density at radius 2 is 1.90 bits per heavy atom. The summed E-state index contributed by atoms with van der Waals surface area (Å²) in [6, 6.07) is 13.0. The molecule has 0 unspecified atom stereocenters. The van der Waals surface area contributed by atoms with Crippen LogP contribution in [0.5, 0.6) is 11.5 Å². The Hall–Kier alpha value is -3.26. The first kappa shape index (κ1) is 21.0. The lowest BCUT2D eigenvalue weighted by atomic mass is 10.1. The van der Waals surface area contributed by atoms with Crippen LogP contribution < -0.4 is 10.1 Å². The van der Waals surface area contributed by atoms with E-state index in [4.69, 9.17) is 9.15 Å². The zero-order valence-electron chi connectivity index (χ0n) is 17.1. The van der Waals surface area contributed by atoms with Crippen molar-refractivity contribution < 1.29 is 27.5 Å². The van der Waals surface area contributed by atoms with Gasteiger partial charge in [0.05, 0.1) is 16.3 Å². The van der Waals surface area contributed by atoms with E-state index in [1.807, 2.05) is 12.1 Å². The number of carbonyl (C=O) groups excluding carboxylic acids is 1. The van der Waals surface area contributed by atoms with Gasteiger partial charge < -0.3 is 19.6 Å². The van der Waals surface area contributed by atoms with Crippen LogP contribution in [-0.4, -0.2) is 25.2 Å². The van der Waals surface area contributed by atoms with E-state index in [0.717, 1.165) is 25.0 Å². The SMILES string of the molecule is CCS(=O)(=O)c1ccc(O)c(NC(=O)c2ccc(COc3ccc4c(c3)CCC4)o2)c1. The van der Waals surface area contributed by atoms with E-state index < -0.39 is 15.7 Å². The van der Waals surface area contributed by atoms with Crippen molar-refractivity contribution in [1.29, 1.82) is 0 Å². The maximum Gasteiger partial charge on any atom is 0.291 e. The number of aromatic hydroxyl groups is 1. The van der Waals surface area contributed by atoms with E-state index >= 15 is 0 Å². The van der Waals surface area contributed by atoms with Gasteiger partial charge in [-0.3, -0.25) is 4.79 Å². The molecule has 0 fully saturated rings. The Balaban J connectivity index is 1.42. The number of carbonyl (C=O) groups is 1. The number of hydrogen-bond donors (Lipinski definition) is 2. The number of rotatable bonds is 7. The normalized spacial score (nSPS) is 13.1. The summed E-state index contributed by atoms with van der Waals surface area (Å²) >= 11 is 0. The van der Waals surface area contributed by atoms with Gasteiger partial charge in [-0.05, 0) is 72.9 Å². The van der Waals surface area contributed by atoms with Crippen molar-refractivity contribution in [1.82, 2.24) is 0 Å². The van der Waals surface area contributed by atoms with Gasteiger partial charge in [-0.2, -0.15) is 0 Å². The number of anilines is 1. The predicted octanol–water partition coefficient (Wildman–Crippen LogP) is 4.10. The van der Waals surface area contributed by atoms with Crippen LogP contribution in [0.3, 0.4) is 0 Å². The Morgan fingerprint density at radius 1 is 1.10 bits per heavy atom. The van der Waals surface area contributed by atoms with E-state index in [-0.39, 0.29) is 34.5 Å². The van der Waals surface area contributed by atoms with Gasteiger partial charge in [0.15, 0.2) is 15.6 Å². The second-order valence-electron chi connectivity index (χ2n) is 7.38. The fourth-order valence-corrected chi connectivity index (χ4v) is 4.44. The molecular weight excluding hydrogens is 418 g/mol. The number of ether oxygens (including phenoxy) is 1. The summed E-state index contributed by atoms with van der Waals surface area (Å²) in [5.74, 6) is 0.312. The Bertz CT molecular complexity index is 1230. The molecule has 0 bridgehead atoms. The number of nitrogens with one attached hydrogen (secondary N) is 1. The molecule has 4 rings (SSSR count). The van der Waals surface area contributed by atoms with Crippen molar-refractivity contribution >= 4 is 21.4 Å². The summed E-state index contributed by atoms with van der Waals surface area (Å²) in [4.78, 5) is 12.5. The first-order valence-electron chi connectivity index (χ1n) is 10.1. The molecule has 7 nitrogen and oxygen atoms in total. The van der Waals surface area contributed by atoms with E-state index in [1.165, 1.54) is 42.3 Å². The molecule has 8 heteroatoms. The highest BCUT2D eigenvalue weighted by atomic mass is 32.2. The predicted molar refractivity (Wildman–Crippen MR) is 115 cm³/mol. The van der Waals surface area contributed by atoms with Gasteiger partial charge >= 0.3 is 0 Å². The number of sulfone groups is 1. The summed E-state index contributed by atoms with van der Waals surface area (Å²) in [5, 5.41) is 12.5. The van der Waals surface area contributed by atoms with Gasteiger partial charge in [0, 0.05) is 0 Å². The molecule has 1 heterocycles. The molecule has 0 saturated carbocycles. The first-order chi connectivity index (χ1) is 14.9. The molecule has 0 spiro atoms. The number of hydrogen-bond acceptors (Lipinski definition) is 6. The molecule has 3 aromatic rings. The molecule has 0 radical (unpaired) electrons. The van der Waals surface area contributed by atoms with E-state index in [2.05, 4.69) is 11.4 Å². The number of phenols is 1. The van der Waals surface area contributed by atoms with Crippen molar-refractivity contribution in [3.8, 4) is 11.5 Å². The van der Waals surface area contributed by atoms with Crippen LogP contribution in [0.1, 0.15) is 40.8 Å². The molecular formula is C23H23NO6S. The minimum atomic E-state index is -3.47. The third-order valence-electron chi connectivity index (χ3n) is 5.29. The number of amides is 1. The molecule has 31 heavy (non-hydrogen) atoms. The maximum atomic E-state index is 12.5. The highest BCUT2D eigenvalue weighted by Crippen LogP contribution is 2.28. The van der Waals surface area contributed by atoms with Gasteiger partial charge in [-0.15, -0.1) is 0 Å². The zero-order valence-corrected chi connectivity index (χ0v) is 17.9. The Labute approximate surface area is 180 Å². The van der Waals surface area contributed by atoms with Gasteiger partial charge in [0.1, 0.15) is 23.9 Å². The Morgan fingerprint density at radius 3 is 2.71 bits per heavy atom. The third kappa shape index (κ3) is 4.59.